The van der Waals surface area contributed by atoms with Crippen LogP contribution in [0.3, 0.4) is 0 Å². The van der Waals surface area contributed by atoms with Crippen LogP contribution in [-0.2, 0) is 9.84 Å². The van der Waals surface area contributed by atoms with Gasteiger partial charge in [-0.1, -0.05) is 18.2 Å². The van der Waals surface area contributed by atoms with Crippen LogP contribution in [0.1, 0.15) is 12.0 Å². The second-order valence-electron chi connectivity index (χ2n) is 7.06. The molecule has 1 aromatic rings. The number of aliphatic hydroxyl groups excluding tert-OH is 1. The summed E-state index contributed by atoms with van der Waals surface area (Å²) in [5, 5.41) is 10.00. The fourth-order valence-electron chi connectivity index (χ4n) is 3.67. The van der Waals surface area contributed by atoms with Gasteiger partial charge in [-0.25, -0.2) is 8.42 Å². The van der Waals surface area contributed by atoms with Crippen LogP contribution in [0, 0.1) is 6.92 Å². The lowest BCUT2D eigenvalue weighted by atomic mass is 10.1. The number of rotatable bonds is 6. The van der Waals surface area contributed by atoms with Gasteiger partial charge in [0.05, 0.1) is 30.3 Å². The molecule has 140 valence electrons. The van der Waals surface area contributed by atoms with Gasteiger partial charge in [-0.3, -0.25) is 4.90 Å². The van der Waals surface area contributed by atoms with Crippen LogP contribution in [-0.4, -0.2) is 86.3 Å². The average Bonchev–Trinajstić information content (AvgIpc) is 2.86. The largest absolute Gasteiger partial charge is 0.493 e. The van der Waals surface area contributed by atoms with Crippen LogP contribution >= 0.6 is 0 Å². The van der Waals surface area contributed by atoms with Crippen molar-refractivity contribution in [3.63, 3.8) is 0 Å². The zero-order chi connectivity index (χ0) is 17.9. The van der Waals surface area contributed by atoms with Gasteiger partial charge in [0.25, 0.3) is 0 Å². The van der Waals surface area contributed by atoms with Crippen LogP contribution in [0.5, 0.6) is 5.75 Å². The van der Waals surface area contributed by atoms with E-state index in [0.717, 1.165) is 50.5 Å². The molecule has 6 nitrogen and oxygen atoms in total. The summed E-state index contributed by atoms with van der Waals surface area (Å²) in [6, 6.07) is 7.81. The van der Waals surface area contributed by atoms with Crippen molar-refractivity contribution in [3.05, 3.63) is 29.8 Å². The third-order valence-corrected chi connectivity index (χ3v) is 6.84. The highest BCUT2D eigenvalue weighted by Gasteiger charge is 2.40. The number of hydrogen-bond donors (Lipinski definition) is 1. The lowest BCUT2D eigenvalue weighted by Gasteiger charge is -2.38. The molecule has 1 N–H and O–H groups in total. The molecule has 2 saturated heterocycles. The van der Waals surface area contributed by atoms with Crippen LogP contribution in [0.2, 0.25) is 0 Å². The quantitative estimate of drug-likeness (QED) is 0.739. The molecule has 2 aliphatic heterocycles. The van der Waals surface area contributed by atoms with Crippen molar-refractivity contribution >= 4 is 9.84 Å². The molecule has 2 aliphatic rings. The molecule has 0 amide bonds. The Bertz CT molecular complexity index is 671. The Morgan fingerprint density at radius 2 is 1.88 bits per heavy atom. The second-order valence-corrected chi connectivity index (χ2v) is 9.21. The Labute approximate surface area is 150 Å². The summed E-state index contributed by atoms with van der Waals surface area (Å²) in [5.74, 6) is 0.954. The Hall–Kier alpha value is -1.15. The Kier molecular flexibility index (Phi) is 5.99. The first-order valence-electron chi connectivity index (χ1n) is 8.98. The van der Waals surface area contributed by atoms with E-state index in [2.05, 4.69) is 9.80 Å². The number of benzene rings is 1. The van der Waals surface area contributed by atoms with Gasteiger partial charge < -0.3 is 14.7 Å². The minimum Gasteiger partial charge on any atom is -0.493 e. The number of sulfone groups is 1. The standard InChI is InChI=1S/C18H28N2O4S/c1-15-5-2-3-6-18(15)24-12-4-7-19-8-10-20(11-9-19)16-13-25(22,23)14-17(16)21/h2-3,5-6,16-17,21H,4,7-14H2,1H3/t16-,17-/m0/s1. The fourth-order valence-corrected chi connectivity index (χ4v) is 5.50. The van der Waals surface area contributed by atoms with E-state index in [4.69, 9.17) is 4.74 Å². The van der Waals surface area contributed by atoms with E-state index >= 15 is 0 Å². The van der Waals surface area contributed by atoms with Crippen LogP contribution < -0.4 is 4.74 Å². The molecule has 25 heavy (non-hydrogen) atoms. The zero-order valence-electron chi connectivity index (χ0n) is 14.8. The summed E-state index contributed by atoms with van der Waals surface area (Å²) in [7, 11) is -3.08. The minimum absolute atomic E-state index is 0.0892. The molecule has 0 saturated carbocycles. The van der Waals surface area contributed by atoms with Gasteiger partial charge in [0.1, 0.15) is 5.75 Å². The Morgan fingerprint density at radius 3 is 2.52 bits per heavy atom. The molecule has 0 aliphatic carbocycles. The topological polar surface area (TPSA) is 70.1 Å². The second kappa shape index (κ2) is 8.03. The first-order valence-corrected chi connectivity index (χ1v) is 10.8. The number of piperazine rings is 1. The summed E-state index contributed by atoms with van der Waals surface area (Å²) in [6.07, 6.45) is 0.230. The average molecular weight is 368 g/mol. The molecular formula is C18H28N2O4S. The SMILES string of the molecule is Cc1ccccc1OCCCN1CCN([C@H]2CS(=O)(=O)C[C@@H]2O)CC1. The van der Waals surface area contributed by atoms with Crippen molar-refractivity contribution in [2.24, 2.45) is 0 Å². The lowest BCUT2D eigenvalue weighted by molar-refractivity contribution is 0.0433. The van der Waals surface area contributed by atoms with E-state index in [9.17, 15) is 13.5 Å². The van der Waals surface area contributed by atoms with Crippen molar-refractivity contribution < 1.29 is 18.3 Å². The van der Waals surface area contributed by atoms with Crippen LogP contribution in [0.25, 0.3) is 0 Å². The Balaban J connectivity index is 1.36. The van der Waals surface area contributed by atoms with Gasteiger partial charge in [0.15, 0.2) is 9.84 Å². The van der Waals surface area contributed by atoms with Crippen molar-refractivity contribution in [2.45, 2.75) is 25.5 Å². The summed E-state index contributed by atoms with van der Waals surface area (Å²) in [6.45, 7) is 7.18. The van der Waals surface area contributed by atoms with Gasteiger partial charge in [0.2, 0.25) is 0 Å². The van der Waals surface area contributed by atoms with Crippen molar-refractivity contribution in [3.8, 4) is 5.75 Å². The molecule has 0 radical (unpaired) electrons. The molecule has 0 spiro atoms. The highest BCUT2D eigenvalue weighted by atomic mass is 32.2. The highest BCUT2D eigenvalue weighted by molar-refractivity contribution is 7.91. The smallest absolute Gasteiger partial charge is 0.154 e. The maximum Gasteiger partial charge on any atom is 0.154 e. The summed E-state index contributed by atoms with van der Waals surface area (Å²) < 4.78 is 29.2. The third kappa shape index (κ3) is 4.94. The van der Waals surface area contributed by atoms with Gasteiger partial charge in [-0.2, -0.15) is 0 Å². The van der Waals surface area contributed by atoms with E-state index in [1.54, 1.807) is 0 Å². The third-order valence-electron chi connectivity index (χ3n) is 5.14. The first-order chi connectivity index (χ1) is 11.9. The maximum absolute atomic E-state index is 11.7. The van der Waals surface area contributed by atoms with Crippen LogP contribution in [0.15, 0.2) is 24.3 Å². The van der Waals surface area contributed by atoms with Gasteiger partial charge in [0, 0.05) is 32.7 Å². The molecule has 2 heterocycles. The molecule has 2 atom stereocenters. The van der Waals surface area contributed by atoms with Crippen molar-refractivity contribution in [2.75, 3.05) is 50.8 Å². The van der Waals surface area contributed by atoms with E-state index < -0.39 is 15.9 Å². The molecule has 0 bridgehead atoms. The molecular weight excluding hydrogens is 340 g/mol. The molecule has 2 fully saturated rings. The predicted octanol–water partition coefficient (Wildman–Crippen LogP) is 0.539. The summed E-state index contributed by atoms with van der Waals surface area (Å²) in [4.78, 5) is 4.52. The number of aryl methyl sites for hydroxylation is 1. The van der Waals surface area contributed by atoms with Crippen molar-refractivity contribution in [1.82, 2.24) is 9.80 Å². The van der Waals surface area contributed by atoms with Gasteiger partial charge >= 0.3 is 0 Å². The predicted molar refractivity (Wildman–Crippen MR) is 97.8 cm³/mol. The Morgan fingerprint density at radius 1 is 1.16 bits per heavy atom. The van der Waals surface area contributed by atoms with Gasteiger partial charge in [-0.05, 0) is 25.0 Å². The lowest BCUT2D eigenvalue weighted by Crippen LogP contribution is -2.53. The zero-order valence-corrected chi connectivity index (χ0v) is 15.6. The molecule has 1 aromatic carbocycles. The molecule has 3 rings (SSSR count). The maximum atomic E-state index is 11.7. The highest BCUT2D eigenvalue weighted by Crippen LogP contribution is 2.20. The van der Waals surface area contributed by atoms with E-state index in [1.165, 1.54) is 0 Å². The number of aliphatic hydroxyl groups is 1. The fraction of sp³-hybridized carbons (Fsp3) is 0.667. The first kappa shape index (κ1) is 18.6. The minimum atomic E-state index is -3.08. The van der Waals surface area contributed by atoms with E-state index in [1.807, 2.05) is 31.2 Å². The summed E-state index contributed by atoms with van der Waals surface area (Å²) >= 11 is 0. The van der Waals surface area contributed by atoms with Gasteiger partial charge in [-0.15, -0.1) is 0 Å². The number of ether oxygens (including phenoxy) is 1. The number of hydrogen-bond acceptors (Lipinski definition) is 6. The molecule has 0 aromatic heterocycles. The van der Waals surface area contributed by atoms with Crippen molar-refractivity contribution in [1.29, 1.82) is 0 Å². The van der Waals surface area contributed by atoms with E-state index in [-0.39, 0.29) is 17.5 Å². The normalized spacial score (nSPS) is 27.4. The molecule has 7 heteroatoms. The number of para-hydroxylation sites is 1. The number of nitrogens with zero attached hydrogens (tertiary/aromatic N) is 2. The van der Waals surface area contributed by atoms with E-state index in [0.29, 0.717) is 6.61 Å². The summed E-state index contributed by atoms with van der Waals surface area (Å²) in [5.41, 5.74) is 1.15. The van der Waals surface area contributed by atoms with Crippen LogP contribution in [0.4, 0.5) is 0 Å². The monoisotopic (exact) mass is 368 g/mol. The molecule has 0 unspecified atom stereocenters.